The molecule has 0 aliphatic rings. The molecule has 0 aromatic heterocycles. The molecule has 1 N–H and O–H groups in total. The Morgan fingerprint density at radius 1 is 1.15 bits per heavy atom. The van der Waals surface area contributed by atoms with Gasteiger partial charge in [0.25, 0.3) is 0 Å². The van der Waals surface area contributed by atoms with Gasteiger partial charge in [0.05, 0.1) is 13.5 Å². The van der Waals surface area contributed by atoms with Gasteiger partial charge in [-0.05, 0) is 30.2 Å². The molecule has 104 valence electrons. The second kappa shape index (κ2) is 6.24. The predicted molar refractivity (Wildman–Crippen MR) is 78.3 cm³/mol. The molecule has 0 saturated heterocycles. The Hall–Kier alpha value is -2.29. The van der Waals surface area contributed by atoms with Crippen molar-refractivity contribution in [1.29, 1.82) is 0 Å². The van der Waals surface area contributed by atoms with Gasteiger partial charge < -0.3 is 9.84 Å². The molecule has 3 heteroatoms. The van der Waals surface area contributed by atoms with Crippen molar-refractivity contribution in [3.8, 4) is 5.75 Å². The van der Waals surface area contributed by atoms with Crippen LogP contribution in [-0.2, 0) is 4.79 Å². The highest BCUT2D eigenvalue weighted by molar-refractivity contribution is 5.69. The Bertz CT molecular complexity index is 587. The third kappa shape index (κ3) is 3.38. The molecule has 0 radical (unpaired) electrons. The predicted octanol–water partition coefficient (Wildman–Crippen LogP) is 3.61. The summed E-state index contributed by atoms with van der Waals surface area (Å²) in [6.07, 6.45) is 0.0791. The van der Waals surface area contributed by atoms with Crippen LogP contribution >= 0.6 is 0 Å². The minimum Gasteiger partial charge on any atom is -0.497 e. The van der Waals surface area contributed by atoms with Crippen LogP contribution in [0, 0.1) is 6.92 Å². The van der Waals surface area contributed by atoms with Gasteiger partial charge in [0.1, 0.15) is 5.75 Å². The van der Waals surface area contributed by atoms with Crippen LogP contribution in [0.25, 0.3) is 0 Å². The normalized spacial score (nSPS) is 11.9. The maximum atomic E-state index is 11.1. The van der Waals surface area contributed by atoms with Crippen LogP contribution in [-0.4, -0.2) is 18.2 Å². The highest BCUT2D eigenvalue weighted by atomic mass is 16.5. The van der Waals surface area contributed by atoms with Gasteiger partial charge in [0, 0.05) is 5.92 Å². The Kier molecular flexibility index (Phi) is 4.41. The number of methoxy groups -OCH3 is 1. The number of carbonyl (C=O) groups is 1. The average Bonchev–Trinajstić information content (AvgIpc) is 2.45. The smallest absolute Gasteiger partial charge is 0.304 e. The average molecular weight is 270 g/mol. The summed E-state index contributed by atoms with van der Waals surface area (Å²) in [5.41, 5.74) is 3.14. The van der Waals surface area contributed by atoms with Gasteiger partial charge in [-0.15, -0.1) is 0 Å². The van der Waals surface area contributed by atoms with Crippen LogP contribution in [0.15, 0.2) is 48.5 Å². The molecule has 20 heavy (non-hydrogen) atoms. The van der Waals surface area contributed by atoms with Gasteiger partial charge in [-0.1, -0.05) is 42.0 Å². The van der Waals surface area contributed by atoms with Crippen molar-refractivity contribution in [3.63, 3.8) is 0 Å². The summed E-state index contributed by atoms with van der Waals surface area (Å²) in [5.74, 6) is -0.169. The van der Waals surface area contributed by atoms with Gasteiger partial charge in [0.15, 0.2) is 0 Å². The lowest BCUT2D eigenvalue weighted by molar-refractivity contribution is -0.137. The van der Waals surface area contributed by atoms with Crippen molar-refractivity contribution < 1.29 is 14.6 Å². The molecular formula is C17H18O3. The lowest BCUT2D eigenvalue weighted by atomic mass is 9.88. The number of aryl methyl sites for hydroxylation is 1. The number of ether oxygens (including phenoxy) is 1. The summed E-state index contributed by atoms with van der Waals surface area (Å²) in [6.45, 7) is 2.01. The molecule has 2 rings (SSSR count). The minimum absolute atomic E-state index is 0.0791. The number of hydrogen-bond donors (Lipinski definition) is 1. The van der Waals surface area contributed by atoms with E-state index < -0.39 is 5.97 Å². The molecule has 0 spiro atoms. The Balaban J connectivity index is 2.38. The summed E-state index contributed by atoms with van der Waals surface area (Å²) >= 11 is 0. The van der Waals surface area contributed by atoms with Crippen molar-refractivity contribution >= 4 is 5.97 Å². The first kappa shape index (κ1) is 14.1. The van der Waals surface area contributed by atoms with E-state index in [1.165, 1.54) is 0 Å². The monoisotopic (exact) mass is 270 g/mol. The molecule has 0 heterocycles. The summed E-state index contributed by atoms with van der Waals surface area (Å²) in [4.78, 5) is 11.1. The van der Waals surface area contributed by atoms with E-state index in [9.17, 15) is 4.79 Å². The summed E-state index contributed by atoms with van der Waals surface area (Å²) in [5, 5.41) is 9.15. The molecule has 3 nitrogen and oxygen atoms in total. The molecule has 1 atom stereocenters. The Labute approximate surface area is 118 Å². The molecule has 0 amide bonds. The standard InChI is InChI=1S/C17H18O3/c1-12-4-3-5-14(10-12)16(11-17(18)19)13-6-8-15(20-2)9-7-13/h3-10,16H,11H2,1-2H3,(H,18,19). The summed E-state index contributed by atoms with van der Waals surface area (Å²) in [6, 6.07) is 15.6. The SMILES string of the molecule is COc1ccc(C(CC(=O)O)c2cccc(C)c2)cc1. The fourth-order valence-corrected chi connectivity index (χ4v) is 2.33. The first-order chi connectivity index (χ1) is 9.60. The third-order valence-electron chi connectivity index (χ3n) is 3.34. The lowest BCUT2D eigenvalue weighted by Gasteiger charge is -2.17. The zero-order chi connectivity index (χ0) is 14.5. The maximum absolute atomic E-state index is 11.1. The quantitative estimate of drug-likeness (QED) is 0.902. The van der Waals surface area contributed by atoms with E-state index in [1.807, 2.05) is 55.5 Å². The highest BCUT2D eigenvalue weighted by Gasteiger charge is 2.18. The van der Waals surface area contributed by atoms with Gasteiger partial charge >= 0.3 is 5.97 Å². The molecule has 0 bridgehead atoms. The number of benzene rings is 2. The van der Waals surface area contributed by atoms with Crippen LogP contribution in [0.3, 0.4) is 0 Å². The van der Waals surface area contributed by atoms with Crippen molar-refractivity contribution in [3.05, 3.63) is 65.2 Å². The Morgan fingerprint density at radius 3 is 2.40 bits per heavy atom. The van der Waals surface area contributed by atoms with E-state index in [4.69, 9.17) is 9.84 Å². The summed E-state index contributed by atoms with van der Waals surface area (Å²) in [7, 11) is 1.62. The molecule has 0 saturated carbocycles. The maximum Gasteiger partial charge on any atom is 0.304 e. The Morgan fingerprint density at radius 2 is 1.85 bits per heavy atom. The highest BCUT2D eigenvalue weighted by Crippen LogP contribution is 2.29. The first-order valence-corrected chi connectivity index (χ1v) is 6.52. The van der Waals surface area contributed by atoms with Crippen LogP contribution in [0.2, 0.25) is 0 Å². The van der Waals surface area contributed by atoms with Crippen LogP contribution < -0.4 is 4.74 Å². The number of hydrogen-bond acceptors (Lipinski definition) is 2. The van der Waals surface area contributed by atoms with E-state index in [-0.39, 0.29) is 12.3 Å². The zero-order valence-electron chi connectivity index (χ0n) is 11.7. The van der Waals surface area contributed by atoms with Crippen molar-refractivity contribution in [2.45, 2.75) is 19.3 Å². The molecule has 0 aliphatic carbocycles. The van der Waals surface area contributed by atoms with Crippen molar-refractivity contribution in [2.75, 3.05) is 7.11 Å². The van der Waals surface area contributed by atoms with Crippen LogP contribution in [0.1, 0.15) is 29.0 Å². The van der Waals surface area contributed by atoms with Crippen LogP contribution in [0.5, 0.6) is 5.75 Å². The van der Waals surface area contributed by atoms with E-state index in [2.05, 4.69) is 0 Å². The van der Waals surface area contributed by atoms with E-state index in [0.29, 0.717) is 0 Å². The molecule has 0 aliphatic heterocycles. The summed E-state index contributed by atoms with van der Waals surface area (Å²) < 4.78 is 5.14. The zero-order valence-corrected chi connectivity index (χ0v) is 11.7. The molecule has 2 aromatic rings. The number of carboxylic acids is 1. The molecule has 1 unspecified atom stereocenters. The first-order valence-electron chi connectivity index (χ1n) is 6.52. The second-order valence-electron chi connectivity index (χ2n) is 4.84. The number of rotatable bonds is 5. The number of carboxylic acid groups (broad SMARTS) is 1. The number of aliphatic carboxylic acids is 1. The van der Waals surface area contributed by atoms with Crippen molar-refractivity contribution in [2.24, 2.45) is 0 Å². The molecular weight excluding hydrogens is 252 g/mol. The fraction of sp³-hybridized carbons (Fsp3) is 0.235. The lowest BCUT2D eigenvalue weighted by Crippen LogP contribution is -2.08. The van der Waals surface area contributed by atoms with Gasteiger partial charge in [-0.25, -0.2) is 0 Å². The molecule has 0 fully saturated rings. The molecule has 2 aromatic carbocycles. The topological polar surface area (TPSA) is 46.5 Å². The van der Waals surface area contributed by atoms with Gasteiger partial charge in [-0.2, -0.15) is 0 Å². The van der Waals surface area contributed by atoms with Crippen molar-refractivity contribution in [1.82, 2.24) is 0 Å². The van der Waals surface area contributed by atoms with Gasteiger partial charge in [0.2, 0.25) is 0 Å². The minimum atomic E-state index is -0.799. The second-order valence-corrected chi connectivity index (χ2v) is 4.84. The van der Waals surface area contributed by atoms with E-state index >= 15 is 0 Å². The van der Waals surface area contributed by atoms with Gasteiger partial charge in [-0.3, -0.25) is 4.79 Å². The van der Waals surface area contributed by atoms with E-state index in [1.54, 1.807) is 7.11 Å². The van der Waals surface area contributed by atoms with Crippen LogP contribution in [0.4, 0.5) is 0 Å². The van der Waals surface area contributed by atoms with E-state index in [0.717, 1.165) is 22.4 Å². The fourth-order valence-electron chi connectivity index (χ4n) is 2.33. The third-order valence-corrected chi connectivity index (χ3v) is 3.34. The largest absolute Gasteiger partial charge is 0.497 e.